The molecule has 2 atom stereocenters. The summed E-state index contributed by atoms with van der Waals surface area (Å²) in [6, 6.07) is -0.342. The summed E-state index contributed by atoms with van der Waals surface area (Å²) in [5.41, 5.74) is 0. The highest BCUT2D eigenvalue weighted by Gasteiger charge is 2.45. The van der Waals surface area contributed by atoms with Gasteiger partial charge in [-0.2, -0.15) is 13.2 Å². The molecule has 0 aliphatic heterocycles. The molecule has 0 amide bonds. The minimum atomic E-state index is -4.02. The van der Waals surface area contributed by atoms with Crippen LogP contribution in [0.15, 0.2) is 0 Å². The number of alkyl halides is 3. The molecule has 96 valence electrons. The van der Waals surface area contributed by atoms with E-state index in [1.165, 1.54) is 0 Å². The van der Waals surface area contributed by atoms with Crippen molar-refractivity contribution in [3.05, 3.63) is 0 Å². The zero-order valence-corrected chi connectivity index (χ0v) is 9.95. The lowest BCUT2D eigenvalue weighted by Crippen LogP contribution is -2.45. The molecule has 0 aromatic carbocycles. The first-order valence-electron chi connectivity index (χ1n) is 6.35. The van der Waals surface area contributed by atoms with Gasteiger partial charge >= 0.3 is 6.18 Å². The molecule has 0 aromatic heterocycles. The van der Waals surface area contributed by atoms with Gasteiger partial charge in [0.15, 0.2) is 0 Å². The third kappa shape index (κ3) is 4.32. The minimum Gasteiger partial charge on any atom is -0.313 e. The predicted molar refractivity (Wildman–Crippen MR) is 59.3 cm³/mol. The highest BCUT2D eigenvalue weighted by atomic mass is 19.4. The van der Waals surface area contributed by atoms with Crippen molar-refractivity contribution in [2.24, 2.45) is 5.92 Å². The first-order valence-corrected chi connectivity index (χ1v) is 6.35. The molecule has 0 spiro atoms. The molecule has 1 aliphatic rings. The molecule has 0 saturated heterocycles. The average molecular weight is 237 g/mol. The van der Waals surface area contributed by atoms with Crippen molar-refractivity contribution in [3.8, 4) is 0 Å². The first kappa shape index (κ1) is 13.8. The second-order valence-corrected chi connectivity index (χ2v) is 4.70. The van der Waals surface area contributed by atoms with Crippen LogP contribution in [-0.4, -0.2) is 18.8 Å². The smallest absolute Gasteiger partial charge is 0.313 e. The quantitative estimate of drug-likeness (QED) is 0.715. The topological polar surface area (TPSA) is 12.0 Å². The number of hydrogen-bond donors (Lipinski definition) is 1. The van der Waals surface area contributed by atoms with E-state index < -0.39 is 12.1 Å². The summed E-state index contributed by atoms with van der Waals surface area (Å²) in [6.07, 6.45) is 1.78. The second kappa shape index (κ2) is 6.48. The Labute approximate surface area is 95.8 Å². The fourth-order valence-electron chi connectivity index (χ4n) is 2.43. The Balaban J connectivity index is 2.35. The predicted octanol–water partition coefficient (Wildman–Crippen LogP) is 3.89. The molecule has 1 rings (SSSR count). The normalized spacial score (nSPS) is 27.0. The molecule has 1 fully saturated rings. The number of unbranched alkanes of at least 4 members (excludes halogenated alkanes) is 2. The van der Waals surface area contributed by atoms with E-state index in [9.17, 15) is 13.2 Å². The number of hydrogen-bond acceptors (Lipinski definition) is 1. The van der Waals surface area contributed by atoms with Crippen molar-refractivity contribution in [1.29, 1.82) is 0 Å². The Kier molecular flexibility index (Phi) is 5.59. The van der Waals surface area contributed by atoms with E-state index in [2.05, 4.69) is 12.2 Å². The maximum Gasteiger partial charge on any atom is 0.393 e. The van der Waals surface area contributed by atoms with Gasteiger partial charge in [-0.3, -0.25) is 0 Å². The maximum absolute atomic E-state index is 12.7. The highest BCUT2D eigenvalue weighted by molar-refractivity contribution is 4.85. The summed E-state index contributed by atoms with van der Waals surface area (Å²) in [5.74, 6) is -1.12. The fourth-order valence-corrected chi connectivity index (χ4v) is 2.43. The molecule has 1 aliphatic carbocycles. The third-order valence-electron chi connectivity index (χ3n) is 3.37. The van der Waals surface area contributed by atoms with Gasteiger partial charge < -0.3 is 5.32 Å². The molecule has 4 heteroatoms. The molecule has 16 heavy (non-hydrogen) atoms. The lowest BCUT2D eigenvalue weighted by Gasteiger charge is -2.33. The monoisotopic (exact) mass is 237 g/mol. The van der Waals surface area contributed by atoms with Gasteiger partial charge in [-0.15, -0.1) is 0 Å². The van der Waals surface area contributed by atoms with E-state index in [4.69, 9.17) is 0 Å². The van der Waals surface area contributed by atoms with Crippen LogP contribution in [0.5, 0.6) is 0 Å². The minimum absolute atomic E-state index is 0.301. The number of nitrogens with one attached hydrogen (secondary N) is 1. The van der Waals surface area contributed by atoms with Crippen LogP contribution in [0.4, 0.5) is 13.2 Å². The summed E-state index contributed by atoms with van der Waals surface area (Å²) in [7, 11) is 0. The molecule has 2 unspecified atom stereocenters. The van der Waals surface area contributed by atoms with Crippen LogP contribution in [0.3, 0.4) is 0 Å². The Morgan fingerprint density at radius 2 is 1.81 bits per heavy atom. The third-order valence-corrected chi connectivity index (χ3v) is 3.37. The van der Waals surface area contributed by atoms with Gasteiger partial charge in [0.25, 0.3) is 0 Å². The zero-order chi connectivity index (χ0) is 12.0. The van der Waals surface area contributed by atoms with E-state index in [0.717, 1.165) is 38.6 Å². The first-order chi connectivity index (χ1) is 7.55. The lowest BCUT2D eigenvalue weighted by atomic mass is 9.84. The molecule has 1 nitrogen and oxygen atoms in total. The van der Waals surface area contributed by atoms with Gasteiger partial charge in [0.1, 0.15) is 0 Å². The van der Waals surface area contributed by atoms with E-state index >= 15 is 0 Å². The van der Waals surface area contributed by atoms with E-state index in [1.807, 2.05) is 0 Å². The lowest BCUT2D eigenvalue weighted by molar-refractivity contribution is -0.188. The Hall–Kier alpha value is -0.250. The summed E-state index contributed by atoms with van der Waals surface area (Å²) in [5, 5.41) is 3.09. The Morgan fingerprint density at radius 3 is 2.44 bits per heavy atom. The SMILES string of the molecule is CCCCCNC1CCCCC1C(F)(F)F. The van der Waals surface area contributed by atoms with Gasteiger partial charge in [-0.25, -0.2) is 0 Å². The summed E-state index contributed by atoms with van der Waals surface area (Å²) >= 11 is 0. The molecule has 0 heterocycles. The van der Waals surface area contributed by atoms with Crippen LogP contribution in [0.1, 0.15) is 51.9 Å². The fraction of sp³-hybridized carbons (Fsp3) is 1.00. The summed E-state index contributed by atoms with van der Waals surface area (Å²) < 4.78 is 38.2. The largest absolute Gasteiger partial charge is 0.393 e. The number of rotatable bonds is 5. The van der Waals surface area contributed by atoms with Crippen molar-refractivity contribution in [1.82, 2.24) is 5.32 Å². The van der Waals surface area contributed by atoms with Crippen molar-refractivity contribution >= 4 is 0 Å². The van der Waals surface area contributed by atoms with Crippen LogP contribution >= 0.6 is 0 Å². The van der Waals surface area contributed by atoms with Crippen LogP contribution < -0.4 is 5.32 Å². The number of halogens is 3. The Bertz CT molecular complexity index is 191. The van der Waals surface area contributed by atoms with Crippen molar-refractivity contribution in [2.75, 3.05) is 6.54 Å². The molecule has 1 saturated carbocycles. The van der Waals surface area contributed by atoms with Crippen molar-refractivity contribution < 1.29 is 13.2 Å². The molecular weight excluding hydrogens is 215 g/mol. The van der Waals surface area contributed by atoms with E-state index in [-0.39, 0.29) is 6.04 Å². The van der Waals surface area contributed by atoms with Crippen LogP contribution in [0.2, 0.25) is 0 Å². The second-order valence-electron chi connectivity index (χ2n) is 4.70. The molecular formula is C12H22F3N. The van der Waals surface area contributed by atoms with Crippen LogP contribution in [0, 0.1) is 5.92 Å². The van der Waals surface area contributed by atoms with Gasteiger partial charge in [0.05, 0.1) is 5.92 Å². The summed E-state index contributed by atoms with van der Waals surface area (Å²) in [4.78, 5) is 0. The molecule has 0 aromatic rings. The Morgan fingerprint density at radius 1 is 1.12 bits per heavy atom. The van der Waals surface area contributed by atoms with Gasteiger partial charge in [0, 0.05) is 6.04 Å². The summed E-state index contributed by atoms with van der Waals surface area (Å²) in [6.45, 7) is 2.82. The van der Waals surface area contributed by atoms with Crippen LogP contribution in [0.25, 0.3) is 0 Å². The van der Waals surface area contributed by atoms with Gasteiger partial charge in [-0.1, -0.05) is 32.6 Å². The standard InChI is InChI=1S/C12H22F3N/c1-2-3-6-9-16-11-8-5-4-7-10(11)12(13,14)15/h10-11,16H,2-9H2,1H3. The van der Waals surface area contributed by atoms with E-state index in [1.54, 1.807) is 0 Å². The maximum atomic E-state index is 12.7. The zero-order valence-electron chi connectivity index (χ0n) is 9.95. The molecule has 0 radical (unpaired) electrons. The molecule has 1 N–H and O–H groups in total. The van der Waals surface area contributed by atoms with Crippen LogP contribution in [-0.2, 0) is 0 Å². The highest BCUT2D eigenvalue weighted by Crippen LogP contribution is 2.37. The average Bonchev–Trinajstić information content (AvgIpc) is 2.24. The van der Waals surface area contributed by atoms with E-state index in [0.29, 0.717) is 12.8 Å². The molecule has 0 bridgehead atoms. The van der Waals surface area contributed by atoms with Gasteiger partial charge in [-0.05, 0) is 25.8 Å². The van der Waals surface area contributed by atoms with Crippen molar-refractivity contribution in [3.63, 3.8) is 0 Å². The van der Waals surface area contributed by atoms with Crippen molar-refractivity contribution in [2.45, 2.75) is 64.1 Å². The van der Waals surface area contributed by atoms with Gasteiger partial charge in [0.2, 0.25) is 0 Å².